The monoisotopic (exact) mass is 339 g/mol. The maximum absolute atomic E-state index is 12.9. The maximum Gasteiger partial charge on any atom is 0.299 e. The van der Waals surface area contributed by atoms with Crippen LogP contribution in [0.1, 0.15) is 0 Å². The lowest BCUT2D eigenvalue weighted by atomic mass is 9.83. The number of hydrogen-bond acceptors (Lipinski definition) is 6. The summed E-state index contributed by atoms with van der Waals surface area (Å²) in [5.74, 6) is -5.48. The third-order valence-electron chi connectivity index (χ3n) is 4.16. The summed E-state index contributed by atoms with van der Waals surface area (Å²) in [6, 6.07) is 4.05. The number of carbonyl (C=O) groups excluding carboxylic acids is 2. The van der Waals surface area contributed by atoms with Crippen molar-refractivity contribution >= 4 is 21.9 Å². The van der Waals surface area contributed by atoms with Gasteiger partial charge in [0.2, 0.25) is 17.6 Å². The summed E-state index contributed by atoms with van der Waals surface area (Å²) in [4.78, 5) is 23.5. The summed E-state index contributed by atoms with van der Waals surface area (Å²) in [5.41, 5.74) is 0. The van der Waals surface area contributed by atoms with Crippen molar-refractivity contribution in [3.8, 4) is 0 Å². The molecular weight excluding hydrogens is 329 g/mol. The molecule has 120 valence electrons. The Morgan fingerprint density at radius 1 is 1.17 bits per heavy atom. The third kappa shape index (κ3) is 1.97. The Morgan fingerprint density at radius 2 is 1.87 bits per heavy atom. The number of imide groups is 1. The highest BCUT2D eigenvalue weighted by molar-refractivity contribution is 7.86. The number of carbonyl (C=O) groups is 2. The Hall–Kier alpha value is -2.10. The second kappa shape index (κ2) is 4.47. The topological polar surface area (TPSA) is 98.8 Å². The Kier molecular flexibility index (Phi) is 2.81. The molecule has 0 saturated carbocycles. The van der Waals surface area contributed by atoms with Crippen LogP contribution < -0.4 is 5.32 Å². The van der Waals surface area contributed by atoms with Crippen molar-refractivity contribution in [3.63, 3.8) is 0 Å². The average Bonchev–Trinajstić information content (AvgIpc) is 3.10. The van der Waals surface area contributed by atoms with E-state index in [1.165, 1.54) is 12.2 Å². The molecule has 1 aromatic rings. The molecule has 3 heterocycles. The predicted molar refractivity (Wildman–Crippen MR) is 71.5 cm³/mol. The standard InChI is InChI=1S/C14H10FNO6S/c15-7-1-3-8(4-2-7)23(19,20)22-14-6-5-9(21-14)10-11(14)13(18)16-12(10)17/h1-6,9-11H,(H,16,17,18). The van der Waals surface area contributed by atoms with E-state index in [9.17, 15) is 22.4 Å². The lowest BCUT2D eigenvalue weighted by Crippen LogP contribution is -2.43. The number of rotatable bonds is 3. The largest absolute Gasteiger partial charge is 0.336 e. The Labute approximate surface area is 130 Å². The van der Waals surface area contributed by atoms with Crippen LogP contribution in [0.2, 0.25) is 0 Å². The van der Waals surface area contributed by atoms with Crippen LogP contribution in [0.15, 0.2) is 41.3 Å². The highest BCUT2D eigenvalue weighted by Crippen LogP contribution is 2.51. The number of ether oxygens (including phenoxy) is 1. The van der Waals surface area contributed by atoms with Crippen molar-refractivity contribution in [3.05, 3.63) is 42.2 Å². The fourth-order valence-electron chi connectivity index (χ4n) is 3.18. The molecule has 2 amide bonds. The van der Waals surface area contributed by atoms with Gasteiger partial charge < -0.3 is 4.74 Å². The lowest BCUT2D eigenvalue weighted by molar-refractivity contribution is -0.151. The third-order valence-corrected chi connectivity index (χ3v) is 5.49. The first-order valence-electron chi connectivity index (χ1n) is 6.75. The number of benzene rings is 1. The summed E-state index contributed by atoms with van der Waals surface area (Å²) in [6.45, 7) is 0. The van der Waals surface area contributed by atoms with Gasteiger partial charge in [0.25, 0.3) is 10.1 Å². The van der Waals surface area contributed by atoms with E-state index < -0.39 is 51.5 Å². The molecule has 2 bridgehead atoms. The summed E-state index contributed by atoms with van der Waals surface area (Å²) in [6.07, 6.45) is 2.12. The molecule has 3 aliphatic heterocycles. The van der Waals surface area contributed by atoms with Gasteiger partial charge in [-0.2, -0.15) is 8.42 Å². The van der Waals surface area contributed by atoms with Gasteiger partial charge in [-0.1, -0.05) is 6.08 Å². The molecule has 1 aromatic carbocycles. The fourth-order valence-corrected chi connectivity index (χ4v) is 4.29. The molecule has 0 aromatic heterocycles. The predicted octanol–water partition coefficient (Wildman–Crippen LogP) is 0.0847. The van der Waals surface area contributed by atoms with Crippen molar-refractivity contribution in [1.82, 2.24) is 5.32 Å². The zero-order chi connectivity index (χ0) is 16.4. The first-order chi connectivity index (χ1) is 10.8. The van der Waals surface area contributed by atoms with Crippen LogP contribution in [0.4, 0.5) is 4.39 Å². The molecule has 4 unspecified atom stereocenters. The molecule has 2 saturated heterocycles. The van der Waals surface area contributed by atoms with Gasteiger partial charge in [0, 0.05) is 0 Å². The van der Waals surface area contributed by atoms with Crippen molar-refractivity contribution in [2.45, 2.75) is 16.8 Å². The second-order valence-electron chi connectivity index (χ2n) is 5.51. The molecule has 0 radical (unpaired) electrons. The Balaban J connectivity index is 1.71. The van der Waals surface area contributed by atoms with Crippen molar-refractivity contribution in [2.75, 3.05) is 0 Å². The molecule has 2 fully saturated rings. The number of amides is 2. The minimum atomic E-state index is -4.32. The van der Waals surface area contributed by atoms with E-state index in [0.29, 0.717) is 0 Å². The smallest absolute Gasteiger partial charge is 0.299 e. The van der Waals surface area contributed by atoms with Crippen LogP contribution in [0.25, 0.3) is 0 Å². The second-order valence-corrected chi connectivity index (χ2v) is 7.06. The van der Waals surface area contributed by atoms with E-state index in [0.717, 1.165) is 24.3 Å². The zero-order valence-electron chi connectivity index (χ0n) is 11.4. The van der Waals surface area contributed by atoms with Crippen LogP contribution in [-0.2, 0) is 28.6 Å². The summed E-state index contributed by atoms with van der Waals surface area (Å²) in [5, 5.41) is 2.16. The molecule has 0 aliphatic carbocycles. The van der Waals surface area contributed by atoms with Crippen LogP contribution in [-0.4, -0.2) is 32.1 Å². The van der Waals surface area contributed by atoms with Crippen molar-refractivity contribution in [1.29, 1.82) is 0 Å². The van der Waals surface area contributed by atoms with Crippen molar-refractivity contribution < 1.29 is 31.3 Å². The number of nitrogens with one attached hydrogen (secondary N) is 1. The molecule has 0 spiro atoms. The quantitative estimate of drug-likeness (QED) is 0.476. The first-order valence-corrected chi connectivity index (χ1v) is 8.16. The lowest BCUT2D eigenvalue weighted by Gasteiger charge is -2.26. The summed E-state index contributed by atoms with van der Waals surface area (Å²) < 4.78 is 48.3. The number of hydrogen-bond donors (Lipinski definition) is 1. The number of fused-ring (bicyclic) bond motifs is 5. The summed E-state index contributed by atoms with van der Waals surface area (Å²) >= 11 is 0. The Bertz CT molecular complexity index is 849. The fraction of sp³-hybridized carbons (Fsp3) is 0.286. The van der Waals surface area contributed by atoms with Crippen molar-refractivity contribution in [2.24, 2.45) is 11.8 Å². The van der Waals surface area contributed by atoms with Crippen LogP contribution in [0.5, 0.6) is 0 Å². The minimum absolute atomic E-state index is 0.276. The Morgan fingerprint density at radius 3 is 2.57 bits per heavy atom. The highest BCUT2D eigenvalue weighted by atomic mass is 32.2. The van der Waals surface area contributed by atoms with E-state index in [-0.39, 0.29) is 4.90 Å². The van der Waals surface area contributed by atoms with E-state index in [4.69, 9.17) is 8.92 Å². The van der Waals surface area contributed by atoms with Crippen LogP contribution in [0, 0.1) is 17.7 Å². The van der Waals surface area contributed by atoms with Gasteiger partial charge in [-0.05, 0) is 30.3 Å². The van der Waals surface area contributed by atoms with Gasteiger partial charge in [-0.15, -0.1) is 0 Å². The van der Waals surface area contributed by atoms with Gasteiger partial charge >= 0.3 is 0 Å². The van der Waals surface area contributed by atoms with Gasteiger partial charge in [0.05, 0.1) is 16.9 Å². The number of halogens is 1. The normalized spacial score (nSPS) is 34.7. The molecule has 7 nitrogen and oxygen atoms in total. The molecule has 9 heteroatoms. The van der Waals surface area contributed by atoms with Gasteiger partial charge in [0.1, 0.15) is 11.7 Å². The van der Waals surface area contributed by atoms with Crippen LogP contribution >= 0.6 is 0 Å². The molecule has 4 atom stereocenters. The molecule has 23 heavy (non-hydrogen) atoms. The first kappa shape index (κ1) is 14.5. The molecular formula is C14H10FNO6S. The molecule has 1 N–H and O–H groups in total. The maximum atomic E-state index is 12.9. The van der Waals surface area contributed by atoms with Gasteiger partial charge in [-0.25, -0.2) is 8.57 Å². The van der Waals surface area contributed by atoms with E-state index in [2.05, 4.69) is 5.32 Å². The minimum Gasteiger partial charge on any atom is -0.336 e. The highest BCUT2D eigenvalue weighted by Gasteiger charge is 2.67. The van der Waals surface area contributed by atoms with Crippen LogP contribution in [0.3, 0.4) is 0 Å². The van der Waals surface area contributed by atoms with Gasteiger partial charge in [-0.3, -0.25) is 14.9 Å². The molecule has 3 aliphatic rings. The summed E-state index contributed by atoms with van der Waals surface area (Å²) in [7, 11) is -4.32. The van der Waals surface area contributed by atoms with Gasteiger partial charge in [0.15, 0.2) is 0 Å². The zero-order valence-corrected chi connectivity index (χ0v) is 12.2. The molecule has 4 rings (SSSR count). The van der Waals surface area contributed by atoms with E-state index >= 15 is 0 Å². The average molecular weight is 339 g/mol. The SMILES string of the molecule is O=C1NC(=O)C2C1C1C=CC2(OS(=O)(=O)c2ccc(F)cc2)O1. The van der Waals surface area contributed by atoms with E-state index in [1.807, 2.05) is 0 Å². The van der Waals surface area contributed by atoms with E-state index in [1.54, 1.807) is 0 Å².